The Balaban J connectivity index is 1.45. The quantitative estimate of drug-likeness (QED) is 0.732. The minimum absolute atomic E-state index is 0.131. The molecule has 1 N–H and O–H groups in total. The molecule has 0 bridgehead atoms. The largest absolute Gasteiger partial charge is 0.467 e. The number of benzene rings is 1. The monoisotopic (exact) mass is 395 g/mol. The van der Waals surface area contributed by atoms with E-state index in [-0.39, 0.29) is 18.4 Å². The standard InChI is InChI=1S/C23H29N3O3/c1-23(2,21(27)24-18-20-11-7-17-29-20)22(28)26-15-13-25(14-16-26)12-6-10-19-8-4-3-5-9-19/h3-11,17H,12-16,18H2,1-2H3,(H,24,27)/b10-6+. The lowest BCUT2D eigenvalue weighted by molar-refractivity contribution is -0.149. The van der Waals surface area contributed by atoms with Gasteiger partial charge in [0, 0.05) is 32.7 Å². The zero-order valence-electron chi connectivity index (χ0n) is 17.1. The molecule has 2 aromatic rings. The minimum Gasteiger partial charge on any atom is -0.467 e. The van der Waals surface area contributed by atoms with Gasteiger partial charge in [-0.3, -0.25) is 14.5 Å². The highest BCUT2D eigenvalue weighted by atomic mass is 16.3. The number of furan rings is 1. The summed E-state index contributed by atoms with van der Waals surface area (Å²) in [6.07, 6.45) is 5.83. The number of piperazine rings is 1. The Morgan fingerprint density at radius 3 is 2.45 bits per heavy atom. The second-order valence-corrected chi connectivity index (χ2v) is 7.79. The molecule has 1 saturated heterocycles. The van der Waals surface area contributed by atoms with Crippen molar-refractivity contribution >= 4 is 17.9 Å². The number of hydrogen-bond donors (Lipinski definition) is 1. The van der Waals surface area contributed by atoms with E-state index in [1.165, 1.54) is 5.56 Å². The summed E-state index contributed by atoms with van der Waals surface area (Å²) in [7, 11) is 0. The van der Waals surface area contributed by atoms with E-state index < -0.39 is 5.41 Å². The third-order valence-electron chi connectivity index (χ3n) is 5.24. The summed E-state index contributed by atoms with van der Waals surface area (Å²) in [5, 5.41) is 2.80. The summed E-state index contributed by atoms with van der Waals surface area (Å²) in [5.74, 6) is 0.250. The third-order valence-corrected chi connectivity index (χ3v) is 5.24. The van der Waals surface area contributed by atoms with E-state index in [2.05, 4.69) is 34.5 Å². The van der Waals surface area contributed by atoms with Crippen molar-refractivity contribution in [3.8, 4) is 0 Å². The van der Waals surface area contributed by atoms with Crippen molar-refractivity contribution in [3.05, 3.63) is 66.1 Å². The van der Waals surface area contributed by atoms with Crippen LogP contribution < -0.4 is 5.32 Å². The molecule has 1 fully saturated rings. The summed E-state index contributed by atoms with van der Waals surface area (Å²) >= 11 is 0. The van der Waals surface area contributed by atoms with E-state index in [9.17, 15) is 9.59 Å². The summed E-state index contributed by atoms with van der Waals surface area (Å²) in [6.45, 7) is 7.36. The molecular formula is C23H29N3O3. The molecule has 0 spiro atoms. The molecule has 154 valence electrons. The smallest absolute Gasteiger partial charge is 0.237 e. The number of carbonyl (C=O) groups is 2. The van der Waals surface area contributed by atoms with Gasteiger partial charge in [0.1, 0.15) is 11.2 Å². The van der Waals surface area contributed by atoms with Gasteiger partial charge >= 0.3 is 0 Å². The summed E-state index contributed by atoms with van der Waals surface area (Å²) in [6, 6.07) is 13.8. The van der Waals surface area contributed by atoms with Crippen LogP contribution in [0.15, 0.2) is 59.2 Å². The molecule has 0 unspecified atom stereocenters. The van der Waals surface area contributed by atoms with Crippen molar-refractivity contribution < 1.29 is 14.0 Å². The maximum absolute atomic E-state index is 12.9. The molecular weight excluding hydrogens is 366 g/mol. The van der Waals surface area contributed by atoms with Gasteiger partial charge in [-0.15, -0.1) is 0 Å². The molecule has 2 amide bonds. The van der Waals surface area contributed by atoms with Crippen molar-refractivity contribution in [2.75, 3.05) is 32.7 Å². The maximum Gasteiger partial charge on any atom is 0.237 e. The zero-order valence-corrected chi connectivity index (χ0v) is 17.1. The molecule has 1 aliphatic rings. The van der Waals surface area contributed by atoms with Gasteiger partial charge in [0.15, 0.2) is 0 Å². The van der Waals surface area contributed by atoms with Gasteiger partial charge in [0.25, 0.3) is 0 Å². The van der Waals surface area contributed by atoms with E-state index in [0.29, 0.717) is 18.8 Å². The van der Waals surface area contributed by atoms with Crippen LogP contribution >= 0.6 is 0 Å². The van der Waals surface area contributed by atoms with Crippen LogP contribution in [0.25, 0.3) is 6.08 Å². The number of carbonyl (C=O) groups excluding carboxylic acids is 2. The highest BCUT2D eigenvalue weighted by molar-refractivity contribution is 6.04. The lowest BCUT2D eigenvalue weighted by Crippen LogP contribution is -2.55. The zero-order chi connectivity index (χ0) is 20.7. The second kappa shape index (κ2) is 9.56. The number of nitrogens with one attached hydrogen (secondary N) is 1. The molecule has 1 aromatic heterocycles. The molecule has 0 atom stereocenters. The Labute approximate surface area is 172 Å². The summed E-state index contributed by atoms with van der Waals surface area (Å²) in [5.41, 5.74) is 0.0748. The molecule has 29 heavy (non-hydrogen) atoms. The fourth-order valence-electron chi connectivity index (χ4n) is 3.33. The van der Waals surface area contributed by atoms with Gasteiger partial charge in [-0.1, -0.05) is 42.5 Å². The second-order valence-electron chi connectivity index (χ2n) is 7.79. The van der Waals surface area contributed by atoms with E-state index in [0.717, 1.165) is 19.6 Å². The minimum atomic E-state index is -1.11. The first-order chi connectivity index (χ1) is 14.0. The van der Waals surface area contributed by atoms with Crippen molar-refractivity contribution in [1.29, 1.82) is 0 Å². The van der Waals surface area contributed by atoms with Crippen LogP contribution in [0, 0.1) is 5.41 Å². The van der Waals surface area contributed by atoms with Gasteiger partial charge in [-0.05, 0) is 31.5 Å². The maximum atomic E-state index is 12.9. The van der Waals surface area contributed by atoms with Crippen LogP contribution in [0.1, 0.15) is 25.2 Å². The Hall–Kier alpha value is -2.86. The Morgan fingerprint density at radius 2 is 1.79 bits per heavy atom. The molecule has 6 heteroatoms. The average Bonchev–Trinajstić information content (AvgIpc) is 3.26. The van der Waals surface area contributed by atoms with E-state index in [4.69, 9.17) is 4.42 Å². The Morgan fingerprint density at radius 1 is 1.07 bits per heavy atom. The SMILES string of the molecule is CC(C)(C(=O)NCc1ccco1)C(=O)N1CCN(C/C=C/c2ccccc2)CC1. The van der Waals surface area contributed by atoms with Crippen LogP contribution in [0.3, 0.4) is 0 Å². The van der Waals surface area contributed by atoms with Crippen molar-refractivity contribution in [2.24, 2.45) is 5.41 Å². The van der Waals surface area contributed by atoms with Crippen LogP contribution in [0.2, 0.25) is 0 Å². The summed E-state index contributed by atoms with van der Waals surface area (Å²) < 4.78 is 5.22. The van der Waals surface area contributed by atoms with Gasteiger partial charge in [-0.25, -0.2) is 0 Å². The van der Waals surface area contributed by atoms with Gasteiger partial charge < -0.3 is 14.6 Å². The first kappa shape index (κ1) is 20.9. The van der Waals surface area contributed by atoms with Crippen LogP contribution in [-0.4, -0.2) is 54.3 Å². The van der Waals surface area contributed by atoms with E-state index in [1.807, 2.05) is 18.2 Å². The highest BCUT2D eigenvalue weighted by Gasteiger charge is 2.39. The molecule has 2 heterocycles. The Bertz CT molecular complexity index is 820. The fourth-order valence-corrected chi connectivity index (χ4v) is 3.33. The molecule has 1 aromatic carbocycles. The molecule has 0 saturated carbocycles. The predicted octanol–water partition coefficient (Wildman–Crippen LogP) is 2.78. The lowest BCUT2D eigenvalue weighted by atomic mass is 9.90. The fraction of sp³-hybridized carbons (Fsp3) is 0.391. The Kier molecular flexibility index (Phi) is 6.88. The average molecular weight is 396 g/mol. The van der Waals surface area contributed by atoms with Crippen LogP contribution in [-0.2, 0) is 16.1 Å². The van der Waals surface area contributed by atoms with Crippen LogP contribution in [0.4, 0.5) is 0 Å². The van der Waals surface area contributed by atoms with Crippen molar-refractivity contribution in [2.45, 2.75) is 20.4 Å². The molecule has 6 nitrogen and oxygen atoms in total. The van der Waals surface area contributed by atoms with E-state index >= 15 is 0 Å². The van der Waals surface area contributed by atoms with Crippen molar-refractivity contribution in [3.63, 3.8) is 0 Å². The lowest BCUT2D eigenvalue weighted by Gasteiger charge is -2.37. The highest BCUT2D eigenvalue weighted by Crippen LogP contribution is 2.21. The van der Waals surface area contributed by atoms with Gasteiger partial charge in [0.2, 0.25) is 11.8 Å². The predicted molar refractivity (Wildman–Crippen MR) is 113 cm³/mol. The molecule has 0 radical (unpaired) electrons. The number of nitrogens with zero attached hydrogens (tertiary/aromatic N) is 2. The van der Waals surface area contributed by atoms with Gasteiger partial charge in [-0.2, -0.15) is 0 Å². The first-order valence-electron chi connectivity index (χ1n) is 10.0. The van der Waals surface area contributed by atoms with Crippen LogP contribution in [0.5, 0.6) is 0 Å². The summed E-state index contributed by atoms with van der Waals surface area (Å²) in [4.78, 5) is 29.6. The number of amides is 2. The molecule has 3 rings (SSSR count). The van der Waals surface area contributed by atoms with Gasteiger partial charge in [0.05, 0.1) is 12.8 Å². The van der Waals surface area contributed by atoms with Crippen molar-refractivity contribution in [1.82, 2.24) is 15.1 Å². The molecule has 0 aliphatic carbocycles. The number of rotatable bonds is 7. The molecule has 1 aliphatic heterocycles. The first-order valence-corrected chi connectivity index (χ1v) is 10.0. The third kappa shape index (κ3) is 5.57. The number of hydrogen-bond acceptors (Lipinski definition) is 4. The van der Waals surface area contributed by atoms with E-state index in [1.54, 1.807) is 37.1 Å². The normalized spacial score (nSPS) is 15.6. The topological polar surface area (TPSA) is 65.8 Å².